The van der Waals surface area contributed by atoms with Crippen molar-refractivity contribution in [2.75, 3.05) is 36.8 Å². The third kappa shape index (κ3) is 11.1. The normalized spacial score (nSPS) is 20.2. The molecule has 306 valence electrons. The molecule has 11 heteroatoms. The third-order valence-electron chi connectivity index (χ3n) is 12.1. The second-order valence-electron chi connectivity index (χ2n) is 16.0. The molecule has 2 aliphatic heterocycles. The van der Waals surface area contributed by atoms with Gasteiger partial charge in [0.05, 0.1) is 23.7 Å². The van der Waals surface area contributed by atoms with Gasteiger partial charge in [-0.1, -0.05) is 96.7 Å². The number of carboxylic acids is 1. The van der Waals surface area contributed by atoms with E-state index in [1.54, 1.807) is 0 Å². The molecular formula is C47H54Cl2N4O5. The van der Waals surface area contributed by atoms with Crippen molar-refractivity contribution in [2.24, 2.45) is 11.8 Å². The number of rotatable bonds is 9. The zero-order valence-electron chi connectivity index (χ0n) is 32.9. The summed E-state index contributed by atoms with van der Waals surface area (Å²) in [6.07, 6.45) is 9.84. The molecule has 0 bridgehead atoms. The average Bonchev–Trinajstić information content (AvgIpc) is 3.21. The zero-order valence-corrected chi connectivity index (χ0v) is 34.4. The highest BCUT2D eigenvalue weighted by Crippen LogP contribution is 2.47. The van der Waals surface area contributed by atoms with Gasteiger partial charge in [-0.25, -0.2) is 0 Å². The van der Waals surface area contributed by atoms with Gasteiger partial charge in [0.25, 0.3) is 0 Å². The molecule has 3 amide bonds. The first kappa shape index (κ1) is 42.9. The molecule has 4 aromatic rings. The van der Waals surface area contributed by atoms with E-state index >= 15 is 0 Å². The van der Waals surface area contributed by atoms with Crippen molar-refractivity contribution in [3.05, 3.63) is 130 Å². The summed E-state index contributed by atoms with van der Waals surface area (Å²) in [6.45, 7) is 3.06. The topological polar surface area (TPSA) is 128 Å². The largest absolute Gasteiger partial charge is 0.481 e. The molecule has 4 aliphatic rings. The fraction of sp³-hybridized carbons (Fsp3) is 0.404. The van der Waals surface area contributed by atoms with Gasteiger partial charge in [-0.3, -0.25) is 19.2 Å². The van der Waals surface area contributed by atoms with Crippen molar-refractivity contribution in [1.29, 1.82) is 0 Å². The Hall–Kier alpha value is -4.70. The van der Waals surface area contributed by atoms with Crippen LogP contribution >= 0.6 is 23.2 Å². The second kappa shape index (κ2) is 20.3. The molecule has 2 heterocycles. The standard InChI is InChI=1S/C23H25ClN2O2.C12H13ClO2.C12H16N2O/c24-19-11-9-18(10-12-19)23(13-5-14-23)22(28)26-15-4-6-17(16-26)21(27)25-20-7-2-1-3-8-20;13-10-4-2-9(3-5-10)12(6-1-7-12)8-11(14)15;15-12(10-5-4-8-13-9-10)14-11-6-2-1-3-7-11/h1-3,7-12,17H,4-6,13-16H2,(H,25,27);2-5H,1,6-8H2,(H,14,15);1-3,6-7,10,13H,4-5,8-9H2,(H,14,15)/t17-;;10-/m1.1/s1. The predicted octanol–water partition coefficient (Wildman–Crippen LogP) is 9.50. The summed E-state index contributed by atoms with van der Waals surface area (Å²) in [7, 11) is 0. The van der Waals surface area contributed by atoms with Crippen LogP contribution in [0, 0.1) is 11.8 Å². The van der Waals surface area contributed by atoms with E-state index in [1.165, 1.54) is 0 Å². The number of hydrogen-bond donors (Lipinski definition) is 4. The average molecular weight is 826 g/mol. The molecule has 2 atom stereocenters. The Morgan fingerprint density at radius 1 is 0.655 bits per heavy atom. The van der Waals surface area contributed by atoms with Crippen molar-refractivity contribution in [3.63, 3.8) is 0 Å². The SMILES string of the molecule is O=C(Nc1ccccc1)[C@@H]1CCCN(C(=O)C2(c3ccc(Cl)cc3)CCC2)C1.O=C(Nc1ccccc1)[C@@H]1CCCNC1.O=C(O)CC1(c2ccc(Cl)cc2)CCC1. The quantitative estimate of drug-likeness (QED) is 0.133. The first-order valence-corrected chi connectivity index (χ1v) is 21.3. The summed E-state index contributed by atoms with van der Waals surface area (Å²) in [5.74, 6) is -0.464. The fourth-order valence-corrected chi connectivity index (χ4v) is 8.73. The number of amides is 3. The van der Waals surface area contributed by atoms with E-state index in [2.05, 4.69) is 16.0 Å². The number of carboxylic acid groups (broad SMARTS) is 1. The first-order valence-electron chi connectivity index (χ1n) is 20.5. The Balaban J connectivity index is 0.000000160. The van der Waals surface area contributed by atoms with Crippen LogP contribution in [0.5, 0.6) is 0 Å². The van der Waals surface area contributed by atoms with Gasteiger partial charge >= 0.3 is 5.97 Å². The maximum atomic E-state index is 13.5. The smallest absolute Gasteiger partial charge is 0.304 e. The van der Waals surface area contributed by atoms with E-state index in [0.717, 1.165) is 106 Å². The molecule has 2 aliphatic carbocycles. The van der Waals surface area contributed by atoms with Gasteiger partial charge in [-0.2, -0.15) is 0 Å². The fourth-order valence-electron chi connectivity index (χ4n) is 8.47. The van der Waals surface area contributed by atoms with Crippen LogP contribution in [0.3, 0.4) is 0 Å². The molecule has 4 fully saturated rings. The molecule has 4 aromatic carbocycles. The molecule has 2 saturated carbocycles. The lowest BCUT2D eigenvalue weighted by Gasteiger charge is -2.45. The van der Waals surface area contributed by atoms with Crippen molar-refractivity contribution >= 4 is 58.3 Å². The number of nitrogens with zero attached hydrogens (tertiary/aromatic N) is 1. The van der Waals surface area contributed by atoms with E-state index in [9.17, 15) is 19.2 Å². The molecule has 0 spiro atoms. The Labute approximate surface area is 351 Å². The number of carbonyl (C=O) groups is 4. The van der Waals surface area contributed by atoms with Gasteiger partial charge in [0.15, 0.2) is 0 Å². The van der Waals surface area contributed by atoms with Gasteiger partial charge in [0, 0.05) is 46.5 Å². The van der Waals surface area contributed by atoms with Gasteiger partial charge in [-0.15, -0.1) is 0 Å². The minimum atomic E-state index is -0.718. The van der Waals surface area contributed by atoms with Crippen molar-refractivity contribution < 1.29 is 24.3 Å². The van der Waals surface area contributed by atoms with E-state index in [4.69, 9.17) is 28.3 Å². The summed E-state index contributed by atoms with van der Waals surface area (Å²) in [4.78, 5) is 50.7. The minimum Gasteiger partial charge on any atom is -0.481 e. The Bertz CT molecular complexity index is 1960. The van der Waals surface area contributed by atoms with Crippen LogP contribution < -0.4 is 16.0 Å². The molecule has 0 unspecified atom stereocenters. The van der Waals surface area contributed by atoms with Crippen molar-refractivity contribution in [2.45, 2.75) is 81.5 Å². The van der Waals surface area contributed by atoms with Crippen LogP contribution in [-0.4, -0.2) is 59.9 Å². The van der Waals surface area contributed by atoms with Gasteiger partial charge in [0.1, 0.15) is 0 Å². The predicted molar refractivity (Wildman–Crippen MR) is 231 cm³/mol. The highest BCUT2D eigenvalue weighted by atomic mass is 35.5. The first-order chi connectivity index (χ1) is 28.1. The molecule has 58 heavy (non-hydrogen) atoms. The number of nitrogens with one attached hydrogen (secondary N) is 3. The maximum Gasteiger partial charge on any atom is 0.304 e. The van der Waals surface area contributed by atoms with Crippen LogP contribution in [0.1, 0.15) is 81.8 Å². The molecule has 0 aromatic heterocycles. The molecular weight excluding hydrogens is 771 g/mol. The minimum absolute atomic E-state index is 0.00199. The van der Waals surface area contributed by atoms with Crippen LogP contribution in [0.2, 0.25) is 10.0 Å². The van der Waals surface area contributed by atoms with E-state index in [-0.39, 0.29) is 41.4 Å². The number of para-hydroxylation sites is 2. The van der Waals surface area contributed by atoms with Crippen molar-refractivity contribution in [3.8, 4) is 0 Å². The monoisotopic (exact) mass is 824 g/mol. The lowest BCUT2D eigenvalue weighted by molar-refractivity contribution is -0.144. The molecule has 0 radical (unpaired) electrons. The number of likely N-dealkylation sites (tertiary alicyclic amines) is 1. The summed E-state index contributed by atoms with van der Waals surface area (Å²) in [5, 5.41) is 19.4. The van der Waals surface area contributed by atoms with Gasteiger partial charge < -0.3 is 26.0 Å². The molecule has 2 saturated heterocycles. The molecule has 8 rings (SSSR count). The maximum absolute atomic E-state index is 13.5. The lowest BCUT2D eigenvalue weighted by Crippen LogP contribution is -2.54. The summed E-state index contributed by atoms with van der Waals surface area (Å²) >= 11 is 11.8. The van der Waals surface area contributed by atoms with Gasteiger partial charge in [0.2, 0.25) is 17.7 Å². The second-order valence-corrected chi connectivity index (χ2v) is 16.9. The van der Waals surface area contributed by atoms with E-state index < -0.39 is 11.4 Å². The number of carbonyl (C=O) groups excluding carboxylic acids is 3. The number of aliphatic carboxylic acids is 1. The molecule has 9 nitrogen and oxygen atoms in total. The highest BCUT2D eigenvalue weighted by molar-refractivity contribution is 6.30. The number of halogens is 2. The van der Waals surface area contributed by atoms with Crippen LogP contribution in [0.25, 0.3) is 0 Å². The number of hydrogen-bond acceptors (Lipinski definition) is 5. The summed E-state index contributed by atoms with van der Waals surface area (Å²) in [6, 6.07) is 34.3. The summed E-state index contributed by atoms with van der Waals surface area (Å²) < 4.78 is 0. The van der Waals surface area contributed by atoms with E-state index in [1.807, 2.05) is 114 Å². The number of anilines is 2. The van der Waals surface area contributed by atoms with Crippen LogP contribution in [-0.2, 0) is 30.0 Å². The van der Waals surface area contributed by atoms with Gasteiger partial charge in [-0.05, 0) is 118 Å². The lowest BCUT2D eigenvalue weighted by atomic mass is 9.62. The van der Waals surface area contributed by atoms with Crippen LogP contribution in [0.4, 0.5) is 11.4 Å². The Kier molecular flexibility index (Phi) is 15.0. The third-order valence-corrected chi connectivity index (χ3v) is 12.6. The van der Waals surface area contributed by atoms with Crippen molar-refractivity contribution in [1.82, 2.24) is 10.2 Å². The molecule has 4 N–H and O–H groups in total. The van der Waals surface area contributed by atoms with Crippen LogP contribution in [0.15, 0.2) is 109 Å². The summed E-state index contributed by atoms with van der Waals surface area (Å²) in [5.41, 5.74) is 3.27. The van der Waals surface area contributed by atoms with E-state index in [0.29, 0.717) is 16.6 Å². The number of piperidine rings is 2. The highest BCUT2D eigenvalue weighted by Gasteiger charge is 2.48. The zero-order chi connectivity index (χ0) is 41.0. The Morgan fingerprint density at radius 2 is 1.17 bits per heavy atom. The Morgan fingerprint density at radius 3 is 1.64 bits per heavy atom. The number of benzene rings is 4.